The molecule has 0 radical (unpaired) electrons. The van der Waals surface area contributed by atoms with Crippen molar-refractivity contribution in [2.75, 3.05) is 6.61 Å². The summed E-state index contributed by atoms with van der Waals surface area (Å²) in [7, 11) is 0. The van der Waals surface area contributed by atoms with Crippen molar-refractivity contribution in [3.63, 3.8) is 0 Å². The lowest BCUT2D eigenvalue weighted by Crippen LogP contribution is -2.11. The predicted octanol–water partition coefficient (Wildman–Crippen LogP) is 2.28. The summed E-state index contributed by atoms with van der Waals surface area (Å²) in [5.41, 5.74) is 7.11. The van der Waals surface area contributed by atoms with Crippen LogP contribution >= 0.6 is 11.3 Å². The molecule has 2 rings (SSSR count). The summed E-state index contributed by atoms with van der Waals surface area (Å²) in [6.07, 6.45) is 0.620. The fourth-order valence-corrected chi connectivity index (χ4v) is 2.46. The average molecular weight is 207 g/mol. The van der Waals surface area contributed by atoms with E-state index in [4.69, 9.17) is 10.8 Å². The Morgan fingerprint density at radius 2 is 2.21 bits per heavy atom. The first kappa shape index (κ1) is 9.65. The second-order valence-electron chi connectivity index (χ2n) is 3.30. The lowest BCUT2D eigenvalue weighted by Gasteiger charge is -2.11. The van der Waals surface area contributed by atoms with Crippen molar-refractivity contribution < 1.29 is 5.11 Å². The Labute approximate surface area is 87.0 Å². The summed E-state index contributed by atoms with van der Waals surface area (Å²) < 4.78 is 1.26. The summed E-state index contributed by atoms with van der Waals surface area (Å²) >= 11 is 1.72. The van der Waals surface area contributed by atoms with Gasteiger partial charge in [-0.3, -0.25) is 0 Å². The van der Waals surface area contributed by atoms with Crippen molar-refractivity contribution >= 4 is 21.4 Å². The van der Waals surface area contributed by atoms with Gasteiger partial charge in [0.2, 0.25) is 0 Å². The maximum Gasteiger partial charge on any atom is 0.0449 e. The molecule has 1 aromatic heterocycles. The maximum atomic E-state index is 8.84. The van der Waals surface area contributed by atoms with Crippen LogP contribution in [0.4, 0.5) is 0 Å². The highest BCUT2D eigenvalue weighted by atomic mass is 32.1. The van der Waals surface area contributed by atoms with Crippen molar-refractivity contribution in [3.05, 3.63) is 35.2 Å². The molecule has 0 unspecified atom stereocenters. The van der Waals surface area contributed by atoms with E-state index in [0.717, 1.165) is 5.56 Å². The molecule has 1 heterocycles. The van der Waals surface area contributed by atoms with E-state index in [9.17, 15) is 0 Å². The number of hydrogen-bond acceptors (Lipinski definition) is 3. The van der Waals surface area contributed by atoms with Crippen LogP contribution in [-0.4, -0.2) is 11.7 Å². The minimum Gasteiger partial charge on any atom is -0.396 e. The molecule has 0 spiro atoms. The van der Waals surface area contributed by atoms with Crippen LogP contribution in [0.5, 0.6) is 0 Å². The first-order valence-electron chi connectivity index (χ1n) is 4.65. The number of rotatable bonds is 3. The second-order valence-corrected chi connectivity index (χ2v) is 4.25. The molecule has 0 aliphatic rings. The minimum absolute atomic E-state index is 0.0571. The van der Waals surface area contributed by atoms with E-state index in [-0.39, 0.29) is 12.6 Å². The maximum absolute atomic E-state index is 8.84. The number of nitrogens with two attached hydrogens (primary N) is 1. The molecule has 0 fully saturated rings. The van der Waals surface area contributed by atoms with Crippen LogP contribution in [0.3, 0.4) is 0 Å². The highest BCUT2D eigenvalue weighted by Gasteiger charge is 2.09. The quantitative estimate of drug-likeness (QED) is 0.811. The van der Waals surface area contributed by atoms with Crippen molar-refractivity contribution in [2.24, 2.45) is 5.73 Å². The van der Waals surface area contributed by atoms with Gasteiger partial charge in [0.15, 0.2) is 0 Å². The van der Waals surface area contributed by atoms with Gasteiger partial charge in [-0.25, -0.2) is 0 Å². The Morgan fingerprint density at radius 1 is 1.36 bits per heavy atom. The van der Waals surface area contributed by atoms with E-state index >= 15 is 0 Å². The van der Waals surface area contributed by atoms with E-state index in [0.29, 0.717) is 6.42 Å². The van der Waals surface area contributed by atoms with Crippen LogP contribution in [-0.2, 0) is 0 Å². The van der Waals surface area contributed by atoms with Crippen molar-refractivity contribution in [1.82, 2.24) is 0 Å². The van der Waals surface area contributed by atoms with Crippen LogP contribution in [0.15, 0.2) is 29.6 Å². The molecular weight excluding hydrogens is 194 g/mol. The molecular formula is C11H13NOS. The molecule has 74 valence electrons. The van der Waals surface area contributed by atoms with E-state index in [1.807, 2.05) is 12.1 Å². The topological polar surface area (TPSA) is 46.2 Å². The van der Waals surface area contributed by atoms with Crippen molar-refractivity contribution in [1.29, 1.82) is 0 Å². The molecule has 0 bridgehead atoms. The molecule has 14 heavy (non-hydrogen) atoms. The van der Waals surface area contributed by atoms with Crippen LogP contribution in [0, 0.1) is 0 Å². The van der Waals surface area contributed by atoms with E-state index < -0.39 is 0 Å². The Bertz CT molecular complexity index is 424. The molecule has 0 saturated carbocycles. The molecule has 3 heteroatoms. The summed E-state index contributed by atoms with van der Waals surface area (Å²) in [6.45, 7) is 0.141. The first-order valence-corrected chi connectivity index (χ1v) is 5.53. The SMILES string of the molecule is N[C@H](CCO)c1cccc2sccc12. The molecule has 0 aliphatic heterocycles. The monoisotopic (exact) mass is 207 g/mol. The molecule has 1 aromatic carbocycles. The number of hydrogen-bond donors (Lipinski definition) is 2. The van der Waals surface area contributed by atoms with Crippen molar-refractivity contribution in [3.8, 4) is 0 Å². The van der Waals surface area contributed by atoms with Gasteiger partial charge in [0.1, 0.15) is 0 Å². The van der Waals surface area contributed by atoms with Gasteiger partial charge in [-0.2, -0.15) is 0 Å². The summed E-state index contributed by atoms with van der Waals surface area (Å²) in [5.74, 6) is 0. The second kappa shape index (κ2) is 4.09. The van der Waals surface area contributed by atoms with Crippen LogP contribution < -0.4 is 5.73 Å². The number of fused-ring (bicyclic) bond motifs is 1. The Balaban J connectivity index is 2.45. The van der Waals surface area contributed by atoms with Crippen LogP contribution in [0.25, 0.3) is 10.1 Å². The Kier molecular flexibility index (Phi) is 2.82. The number of aliphatic hydroxyl groups is 1. The lowest BCUT2D eigenvalue weighted by molar-refractivity contribution is 0.277. The van der Waals surface area contributed by atoms with Crippen molar-refractivity contribution in [2.45, 2.75) is 12.5 Å². The summed E-state index contributed by atoms with van der Waals surface area (Å²) in [6, 6.07) is 8.18. The Morgan fingerprint density at radius 3 is 3.00 bits per heavy atom. The van der Waals surface area contributed by atoms with E-state index in [2.05, 4.69) is 17.5 Å². The summed E-state index contributed by atoms with van der Waals surface area (Å²) in [5, 5.41) is 12.1. The fraction of sp³-hybridized carbons (Fsp3) is 0.273. The van der Waals surface area contributed by atoms with Gasteiger partial charge >= 0.3 is 0 Å². The summed E-state index contributed by atoms with van der Waals surface area (Å²) in [4.78, 5) is 0. The molecule has 3 N–H and O–H groups in total. The molecule has 2 aromatic rings. The molecule has 0 saturated heterocycles. The molecule has 2 nitrogen and oxygen atoms in total. The number of thiophene rings is 1. The lowest BCUT2D eigenvalue weighted by atomic mass is 10.0. The van der Waals surface area contributed by atoms with E-state index in [1.54, 1.807) is 11.3 Å². The zero-order valence-electron chi connectivity index (χ0n) is 7.81. The van der Waals surface area contributed by atoms with Gasteiger partial charge in [0, 0.05) is 17.3 Å². The van der Waals surface area contributed by atoms with Crippen LogP contribution in [0.1, 0.15) is 18.0 Å². The molecule has 0 aliphatic carbocycles. The third-order valence-electron chi connectivity index (χ3n) is 2.37. The van der Waals surface area contributed by atoms with Gasteiger partial charge in [0.25, 0.3) is 0 Å². The van der Waals surface area contributed by atoms with Gasteiger partial charge < -0.3 is 10.8 Å². The van der Waals surface area contributed by atoms with Crippen LogP contribution in [0.2, 0.25) is 0 Å². The highest BCUT2D eigenvalue weighted by Crippen LogP contribution is 2.28. The standard InChI is InChI=1S/C11H13NOS/c12-10(4-6-13)8-2-1-3-11-9(8)5-7-14-11/h1-3,5,7,10,13H,4,6,12H2/t10-/m1/s1. The van der Waals surface area contributed by atoms with Gasteiger partial charge in [-0.15, -0.1) is 11.3 Å². The van der Waals surface area contributed by atoms with E-state index in [1.165, 1.54) is 10.1 Å². The number of aliphatic hydroxyl groups excluding tert-OH is 1. The zero-order chi connectivity index (χ0) is 9.97. The van der Waals surface area contributed by atoms with Gasteiger partial charge in [-0.05, 0) is 34.9 Å². The third-order valence-corrected chi connectivity index (χ3v) is 3.25. The number of benzene rings is 1. The zero-order valence-corrected chi connectivity index (χ0v) is 8.63. The fourth-order valence-electron chi connectivity index (χ4n) is 1.64. The average Bonchev–Trinajstić information content (AvgIpc) is 2.65. The highest BCUT2D eigenvalue weighted by molar-refractivity contribution is 7.17. The largest absolute Gasteiger partial charge is 0.396 e. The van der Waals surface area contributed by atoms with Gasteiger partial charge in [-0.1, -0.05) is 12.1 Å². The molecule has 1 atom stereocenters. The smallest absolute Gasteiger partial charge is 0.0449 e. The van der Waals surface area contributed by atoms with Gasteiger partial charge in [0.05, 0.1) is 0 Å². The third kappa shape index (κ3) is 1.66. The first-order chi connectivity index (χ1) is 6.83. The molecule has 0 amide bonds. The normalized spacial score (nSPS) is 13.3. The Hall–Kier alpha value is -0.900. The minimum atomic E-state index is -0.0571. The predicted molar refractivity (Wildman–Crippen MR) is 60.5 cm³/mol.